The fourth-order valence-corrected chi connectivity index (χ4v) is 3.56. The Hall–Kier alpha value is -1.10. The molecule has 5 nitrogen and oxygen atoms in total. The average molecular weight is 283 g/mol. The van der Waals surface area contributed by atoms with Crippen LogP contribution in [0.2, 0.25) is 5.28 Å². The highest BCUT2D eigenvalue weighted by molar-refractivity contribution is 6.28. The van der Waals surface area contributed by atoms with Crippen LogP contribution < -0.4 is 9.64 Å². The molecule has 1 saturated heterocycles. The zero-order valence-electron chi connectivity index (χ0n) is 11.2. The van der Waals surface area contributed by atoms with Crippen molar-refractivity contribution in [2.24, 2.45) is 5.92 Å². The smallest absolute Gasteiger partial charge is 0.322 e. The Labute approximate surface area is 118 Å². The number of aromatic nitrogens is 3. The van der Waals surface area contributed by atoms with Gasteiger partial charge in [-0.1, -0.05) is 12.8 Å². The summed E-state index contributed by atoms with van der Waals surface area (Å²) in [6.07, 6.45) is 7.81. The van der Waals surface area contributed by atoms with Gasteiger partial charge in [-0.3, -0.25) is 0 Å². The van der Waals surface area contributed by atoms with Crippen LogP contribution in [0.15, 0.2) is 0 Å². The molecular weight excluding hydrogens is 264 g/mol. The van der Waals surface area contributed by atoms with Crippen molar-refractivity contribution in [1.82, 2.24) is 15.0 Å². The fourth-order valence-electron chi connectivity index (χ4n) is 3.41. The molecule has 1 aliphatic heterocycles. The Morgan fingerprint density at radius 3 is 2.63 bits per heavy atom. The van der Waals surface area contributed by atoms with Crippen molar-refractivity contribution >= 4 is 17.5 Å². The summed E-state index contributed by atoms with van der Waals surface area (Å²) in [6.45, 7) is 1.00. The van der Waals surface area contributed by atoms with Crippen LogP contribution in [-0.2, 0) is 0 Å². The third-order valence-electron chi connectivity index (χ3n) is 4.26. The van der Waals surface area contributed by atoms with Gasteiger partial charge >= 0.3 is 6.01 Å². The lowest BCUT2D eigenvalue weighted by Gasteiger charge is -2.29. The molecule has 6 heteroatoms. The van der Waals surface area contributed by atoms with Crippen LogP contribution in [0.5, 0.6) is 6.01 Å². The number of ether oxygens (including phenoxy) is 1. The summed E-state index contributed by atoms with van der Waals surface area (Å²) in [5.74, 6) is 1.45. The molecule has 1 saturated carbocycles. The molecule has 0 aromatic carbocycles. The summed E-state index contributed by atoms with van der Waals surface area (Å²) in [7, 11) is 1.55. The molecule has 0 N–H and O–H groups in total. The molecule has 1 aliphatic carbocycles. The second kappa shape index (κ2) is 5.49. The number of halogens is 1. The van der Waals surface area contributed by atoms with E-state index in [1.54, 1.807) is 7.11 Å². The van der Waals surface area contributed by atoms with Gasteiger partial charge in [-0.2, -0.15) is 15.0 Å². The standard InChI is InChI=1S/C13H19ClN4O/c1-19-13-16-11(14)15-12(17-13)18-8-4-7-10(18)9-5-2-3-6-9/h9-10H,2-8H2,1H3. The SMILES string of the molecule is COc1nc(Cl)nc(N2CCCC2C2CCCC2)n1. The van der Waals surface area contributed by atoms with Crippen molar-refractivity contribution in [1.29, 1.82) is 0 Å². The van der Waals surface area contributed by atoms with Gasteiger partial charge in [-0.15, -0.1) is 0 Å². The molecule has 1 aromatic heterocycles. The lowest BCUT2D eigenvalue weighted by molar-refractivity contribution is 0.375. The second-order valence-corrected chi connectivity index (χ2v) is 5.68. The van der Waals surface area contributed by atoms with Gasteiger partial charge < -0.3 is 9.64 Å². The zero-order chi connectivity index (χ0) is 13.2. The third-order valence-corrected chi connectivity index (χ3v) is 4.43. The predicted molar refractivity (Wildman–Crippen MR) is 73.7 cm³/mol. The van der Waals surface area contributed by atoms with Gasteiger partial charge in [0.05, 0.1) is 7.11 Å². The number of methoxy groups -OCH3 is 1. The number of hydrogen-bond acceptors (Lipinski definition) is 5. The lowest BCUT2D eigenvalue weighted by atomic mass is 9.96. The molecule has 1 aromatic rings. The maximum absolute atomic E-state index is 5.95. The molecule has 3 rings (SSSR count). The van der Waals surface area contributed by atoms with Crippen LogP contribution in [0.3, 0.4) is 0 Å². The third kappa shape index (κ3) is 2.61. The van der Waals surface area contributed by atoms with E-state index in [0.29, 0.717) is 18.0 Å². The van der Waals surface area contributed by atoms with Gasteiger partial charge in [0.15, 0.2) is 0 Å². The van der Waals surface area contributed by atoms with E-state index >= 15 is 0 Å². The van der Waals surface area contributed by atoms with Crippen molar-refractivity contribution in [3.8, 4) is 6.01 Å². The molecule has 0 amide bonds. The first-order valence-corrected chi connectivity index (χ1v) is 7.38. The topological polar surface area (TPSA) is 51.1 Å². The molecule has 1 atom stereocenters. The minimum atomic E-state index is 0.207. The van der Waals surface area contributed by atoms with Crippen LogP contribution in [0, 0.1) is 5.92 Å². The van der Waals surface area contributed by atoms with Crippen LogP contribution >= 0.6 is 11.6 Å². The Morgan fingerprint density at radius 2 is 1.89 bits per heavy atom. The van der Waals surface area contributed by atoms with Crippen LogP contribution in [0.25, 0.3) is 0 Å². The first kappa shape index (κ1) is 12.9. The summed E-state index contributed by atoms with van der Waals surface area (Å²) in [5.41, 5.74) is 0. The second-order valence-electron chi connectivity index (χ2n) is 5.34. The molecule has 2 heterocycles. The number of rotatable bonds is 3. The highest BCUT2D eigenvalue weighted by Gasteiger charge is 2.35. The Bertz CT molecular complexity index is 450. The van der Waals surface area contributed by atoms with Crippen molar-refractivity contribution in [3.63, 3.8) is 0 Å². The highest BCUT2D eigenvalue weighted by Crippen LogP contribution is 2.37. The minimum Gasteiger partial charge on any atom is -0.467 e. The van der Waals surface area contributed by atoms with E-state index in [9.17, 15) is 0 Å². The van der Waals surface area contributed by atoms with Gasteiger partial charge in [0.2, 0.25) is 11.2 Å². The van der Waals surface area contributed by atoms with Crippen molar-refractivity contribution in [2.75, 3.05) is 18.6 Å². The van der Waals surface area contributed by atoms with E-state index in [1.165, 1.54) is 38.5 Å². The Morgan fingerprint density at radius 1 is 1.11 bits per heavy atom. The van der Waals surface area contributed by atoms with E-state index in [2.05, 4.69) is 19.9 Å². The number of hydrogen-bond donors (Lipinski definition) is 0. The largest absolute Gasteiger partial charge is 0.467 e. The van der Waals surface area contributed by atoms with Gasteiger partial charge in [-0.25, -0.2) is 0 Å². The average Bonchev–Trinajstić information content (AvgIpc) is 3.08. The number of anilines is 1. The predicted octanol–water partition coefficient (Wildman–Crippen LogP) is 2.69. The van der Waals surface area contributed by atoms with Gasteiger partial charge in [0.25, 0.3) is 0 Å². The monoisotopic (exact) mass is 282 g/mol. The summed E-state index contributed by atoms with van der Waals surface area (Å²) < 4.78 is 5.08. The molecule has 2 fully saturated rings. The number of nitrogens with zero attached hydrogens (tertiary/aromatic N) is 4. The van der Waals surface area contributed by atoms with E-state index in [4.69, 9.17) is 16.3 Å². The summed E-state index contributed by atoms with van der Waals surface area (Å²) in [5, 5.41) is 0.207. The first-order valence-electron chi connectivity index (χ1n) is 7.00. The van der Waals surface area contributed by atoms with Crippen molar-refractivity contribution in [2.45, 2.75) is 44.6 Å². The van der Waals surface area contributed by atoms with Gasteiger partial charge in [0, 0.05) is 12.6 Å². The van der Waals surface area contributed by atoms with E-state index in [0.717, 1.165) is 12.5 Å². The molecule has 2 aliphatic rings. The quantitative estimate of drug-likeness (QED) is 0.853. The molecule has 0 radical (unpaired) electrons. The fraction of sp³-hybridized carbons (Fsp3) is 0.769. The molecule has 1 unspecified atom stereocenters. The molecule has 104 valence electrons. The molecular formula is C13H19ClN4O. The summed E-state index contributed by atoms with van der Waals surface area (Å²) in [6, 6.07) is 0.859. The normalized spacial score (nSPS) is 24.1. The maximum atomic E-state index is 5.95. The summed E-state index contributed by atoms with van der Waals surface area (Å²) in [4.78, 5) is 14.9. The lowest BCUT2D eigenvalue weighted by Crippen LogP contribution is -2.36. The molecule has 0 spiro atoms. The Balaban J connectivity index is 1.85. The maximum Gasteiger partial charge on any atom is 0.322 e. The van der Waals surface area contributed by atoms with E-state index in [-0.39, 0.29) is 5.28 Å². The Kier molecular flexibility index (Phi) is 3.73. The van der Waals surface area contributed by atoms with Gasteiger partial charge in [-0.05, 0) is 43.2 Å². The van der Waals surface area contributed by atoms with Crippen LogP contribution in [0.1, 0.15) is 38.5 Å². The van der Waals surface area contributed by atoms with Crippen molar-refractivity contribution in [3.05, 3.63) is 5.28 Å². The van der Waals surface area contributed by atoms with Gasteiger partial charge in [0.1, 0.15) is 0 Å². The van der Waals surface area contributed by atoms with E-state index in [1.807, 2.05) is 0 Å². The van der Waals surface area contributed by atoms with Crippen LogP contribution in [-0.4, -0.2) is 34.6 Å². The van der Waals surface area contributed by atoms with E-state index < -0.39 is 0 Å². The zero-order valence-corrected chi connectivity index (χ0v) is 11.9. The minimum absolute atomic E-state index is 0.207. The summed E-state index contributed by atoms with van der Waals surface area (Å²) >= 11 is 5.95. The van der Waals surface area contributed by atoms with Crippen LogP contribution in [0.4, 0.5) is 5.95 Å². The highest BCUT2D eigenvalue weighted by atomic mass is 35.5. The first-order chi connectivity index (χ1) is 9.28. The molecule has 0 bridgehead atoms. The molecule has 19 heavy (non-hydrogen) atoms. The van der Waals surface area contributed by atoms with Crippen molar-refractivity contribution < 1.29 is 4.74 Å².